The number of anilines is 1. The highest BCUT2D eigenvalue weighted by molar-refractivity contribution is 8.00. The van der Waals surface area contributed by atoms with Gasteiger partial charge in [0.1, 0.15) is 11.7 Å². The molecule has 4 rings (SSSR count). The number of benzene rings is 2. The molecule has 0 aliphatic carbocycles. The molecule has 2 saturated heterocycles. The zero-order valence-electron chi connectivity index (χ0n) is 14.4. The number of fused-ring (bicyclic) bond motifs is 1. The number of amides is 1. The summed E-state index contributed by atoms with van der Waals surface area (Å²) in [7, 11) is 0. The smallest absolute Gasteiger partial charge is 0.229 e. The molecule has 6 nitrogen and oxygen atoms in total. The molecule has 0 bridgehead atoms. The van der Waals surface area contributed by atoms with Crippen molar-refractivity contribution in [3.63, 3.8) is 0 Å². The first kappa shape index (κ1) is 18.3. The van der Waals surface area contributed by atoms with Crippen molar-refractivity contribution in [1.82, 2.24) is 16.1 Å². The Balaban J connectivity index is 1.40. The summed E-state index contributed by atoms with van der Waals surface area (Å²) in [5, 5.41) is 8.96. The van der Waals surface area contributed by atoms with Crippen LogP contribution in [0, 0.1) is 5.92 Å². The fourth-order valence-electron chi connectivity index (χ4n) is 3.25. The third kappa shape index (κ3) is 3.96. The maximum absolute atomic E-state index is 12.5. The number of carbonyl (C=O) groups excluding carboxylic acids is 2. The number of Topliss-reactive ketones (excluding diaryl/α,β-unsaturated/α-hetero) is 1. The highest BCUT2D eigenvalue weighted by atomic mass is 35.5. The second kappa shape index (κ2) is 7.90. The number of halogens is 1. The summed E-state index contributed by atoms with van der Waals surface area (Å²) in [5.41, 5.74) is 4.56. The first-order valence-corrected chi connectivity index (χ1v) is 10.1. The van der Waals surface area contributed by atoms with Gasteiger partial charge in [0.05, 0.1) is 17.4 Å². The predicted molar refractivity (Wildman–Crippen MR) is 108 cm³/mol. The molecule has 0 saturated carbocycles. The lowest BCUT2D eigenvalue weighted by molar-refractivity contribution is -0.127. The van der Waals surface area contributed by atoms with E-state index in [1.54, 1.807) is 24.3 Å². The standard InChI is InChI=1S/C19H19ClN4O2S/c20-13-8-6-12(7-9-13)16(25)11-27-19-22-17-15(18(26)23-19)10-21-24(17)14-4-2-1-3-5-14/h1-9,15,17,19,21-22H,10-11H2,(H,23,26). The SMILES string of the molecule is O=C(CSC1NC(=O)C2CNN(c3ccccc3)C2N1)c1ccc(Cl)cc1. The minimum atomic E-state index is -0.332. The van der Waals surface area contributed by atoms with Gasteiger partial charge in [-0.25, -0.2) is 5.43 Å². The fraction of sp³-hybridized carbons (Fsp3) is 0.263. The molecule has 0 spiro atoms. The third-order valence-corrected chi connectivity index (χ3v) is 5.92. The van der Waals surface area contributed by atoms with E-state index < -0.39 is 0 Å². The number of hydrogen-bond donors (Lipinski definition) is 3. The Morgan fingerprint density at radius 3 is 2.63 bits per heavy atom. The quantitative estimate of drug-likeness (QED) is 0.666. The van der Waals surface area contributed by atoms with E-state index >= 15 is 0 Å². The number of thioether (sulfide) groups is 1. The van der Waals surface area contributed by atoms with Crippen LogP contribution in [-0.4, -0.2) is 35.7 Å². The van der Waals surface area contributed by atoms with Crippen LogP contribution in [0.3, 0.4) is 0 Å². The second-order valence-corrected chi connectivity index (χ2v) is 7.95. The molecule has 2 fully saturated rings. The average Bonchev–Trinajstić information content (AvgIpc) is 3.12. The number of nitrogens with zero attached hydrogens (tertiary/aromatic N) is 1. The van der Waals surface area contributed by atoms with Gasteiger partial charge in [-0.1, -0.05) is 29.8 Å². The summed E-state index contributed by atoms with van der Waals surface area (Å²) in [4.78, 5) is 24.9. The molecule has 2 heterocycles. The van der Waals surface area contributed by atoms with Crippen LogP contribution >= 0.6 is 23.4 Å². The van der Waals surface area contributed by atoms with Gasteiger partial charge in [-0.2, -0.15) is 0 Å². The number of nitrogens with one attached hydrogen (secondary N) is 3. The minimum Gasteiger partial charge on any atom is -0.331 e. The van der Waals surface area contributed by atoms with Gasteiger partial charge in [-0.15, -0.1) is 11.8 Å². The lowest BCUT2D eigenvalue weighted by Gasteiger charge is -2.37. The molecule has 27 heavy (non-hydrogen) atoms. The van der Waals surface area contributed by atoms with Gasteiger partial charge in [0.15, 0.2) is 5.78 Å². The van der Waals surface area contributed by atoms with Crippen LogP contribution < -0.4 is 21.1 Å². The lowest BCUT2D eigenvalue weighted by Crippen LogP contribution is -2.63. The molecule has 3 N–H and O–H groups in total. The molecule has 2 aliphatic rings. The van der Waals surface area contributed by atoms with Crippen LogP contribution in [0.25, 0.3) is 0 Å². The summed E-state index contributed by atoms with van der Waals surface area (Å²) in [6.45, 7) is 0.569. The fourth-order valence-corrected chi connectivity index (χ4v) is 4.30. The van der Waals surface area contributed by atoms with Crippen LogP contribution in [-0.2, 0) is 4.79 Å². The van der Waals surface area contributed by atoms with Crippen molar-refractivity contribution in [2.45, 2.75) is 11.7 Å². The van der Waals surface area contributed by atoms with Crippen LogP contribution in [0.2, 0.25) is 5.02 Å². The van der Waals surface area contributed by atoms with Gasteiger partial charge in [0, 0.05) is 17.1 Å². The zero-order chi connectivity index (χ0) is 18.8. The van der Waals surface area contributed by atoms with Crippen molar-refractivity contribution in [2.75, 3.05) is 17.3 Å². The van der Waals surface area contributed by atoms with E-state index in [4.69, 9.17) is 11.6 Å². The summed E-state index contributed by atoms with van der Waals surface area (Å²) in [5.74, 6) is 0.0601. The zero-order valence-corrected chi connectivity index (χ0v) is 16.0. The second-order valence-electron chi connectivity index (χ2n) is 6.42. The molecule has 2 aromatic carbocycles. The molecule has 140 valence electrons. The lowest BCUT2D eigenvalue weighted by atomic mass is 10.1. The maximum Gasteiger partial charge on any atom is 0.229 e. The molecular weight excluding hydrogens is 384 g/mol. The molecule has 1 amide bonds. The van der Waals surface area contributed by atoms with E-state index in [1.807, 2.05) is 35.3 Å². The molecule has 0 aromatic heterocycles. The number of ketones is 1. The van der Waals surface area contributed by atoms with E-state index in [-0.39, 0.29) is 35.0 Å². The Kier molecular flexibility index (Phi) is 5.36. The van der Waals surface area contributed by atoms with Gasteiger partial charge < -0.3 is 5.32 Å². The summed E-state index contributed by atoms with van der Waals surface area (Å²) < 4.78 is 0. The van der Waals surface area contributed by atoms with Gasteiger partial charge >= 0.3 is 0 Å². The Morgan fingerprint density at radius 1 is 1.15 bits per heavy atom. The van der Waals surface area contributed by atoms with Crippen LogP contribution in [0.4, 0.5) is 5.69 Å². The topological polar surface area (TPSA) is 73.5 Å². The van der Waals surface area contributed by atoms with Crippen LogP contribution in [0.1, 0.15) is 10.4 Å². The van der Waals surface area contributed by atoms with Crippen molar-refractivity contribution in [3.05, 3.63) is 65.2 Å². The third-order valence-electron chi connectivity index (χ3n) is 4.65. The summed E-state index contributed by atoms with van der Waals surface area (Å²) >= 11 is 7.24. The number of hydrazine groups is 1. The van der Waals surface area contributed by atoms with E-state index in [0.717, 1.165) is 5.69 Å². The first-order chi connectivity index (χ1) is 13.1. The van der Waals surface area contributed by atoms with Crippen molar-refractivity contribution >= 4 is 40.7 Å². The average molecular weight is 403 g/mol. The van der Waals surface area contributed by atoms with Crippen molar-refractivity contribution < 1.29 is 9.59 Å². The Labute approximate surface area is 166 Å². The molecule has 3 unspecified atom stereocenters. The predicted octanol–water partition coefficient (Wildman–Crippen LogP) is 2.23. The molecule has 2 aliphatic heterocycles. The van der Waals surface area contributed by atoms with Gasteiger partial charge in [-0.3, -0.25) is 19.9 Å². The minimum absolute atomic E-state index is 0.000647. The van der Waals surface area contributed by atoms with Gasteiger partial charge in [0.25, 0.3) is 0 Å². The number of carbonyl (C=O) groups is 2. The molecule has 2 aromatic rings. The number of rotatable bonds is 5. The van der Waals surface area contributed by atoms with E-state index in [0.29, 0.717) is 17.1 Å². The Bertz CT molecular complexity index is 833. The monoisotopic (exact) mass is 402 g/mol. The highest BCUT2D eigenvalue weighted by Crippen LogP contribution is 2.27. The van der Waals surface area contributed by atoms with Crippen LogP contribution in [0.5, 0.6) is 0 Å². The molecule has 0 radical (unpaired) electrons. The van der Waals surface area contributed by atoms with E-state index in [1.165, 1.54) is 11.8 Å². The van der Waals surface area contributed by atoms with E-state index in [2.05, 4.69) is 16.1 Å². The molecule has 3 atom stereocenters. The highest BCUT2D eigenvalue weighted by Gasteiger charge is 2.44. The van der Waals surface area contributed by atoms with E-state index in [9.17, 15) is 9.59 Å². The number of para-hydroxylation sites is 1. The van der Waals surface area contributed by atoms with Crippen molar-refractivity contribution in [2.24, 2.45) is 5.92 Å². The molecule has 8 heteroatoms. The van der Waals surface area contributed by atoms with Crippen molar-refractivity contribution in [1.29, 1.82) is 0 Å². The van der Waals surface area contributed by atoms with Crippen molar-refractivity contribution in [3.8, 4) is 0 Å². The Morgan fingerprint density at radius 2 is 1.89 bits per heavy atom. The summed E-state index contributed by atoms with van der Waals surface area (Å²) in [6, 6.07) is 16.7. The van der Waals surface area contributed by atoms with Crippen LogP contribution in [0.15, 0.2) is 54.6 Å². The maximum atomic E-state index is 12.5. The largest absolute Gasteiger partial charge is 0.331 e. The summed E-state index contributed by atoms with van der Waals surface area (Å²) in [6.07, 6.45) is -0.163. The first-order valence-electron chi connectivity index (χ1n) is 8.66. The molecular formula is C19H19ClN4O2S. The Hall–Kier alpha value is -2.06. The normalized spacial score (nSPS) is 24.4. The number of hydrogen-bond acceptors (Lipinski definition) is 6. The van der Waals surface area contributed by atoms with Gasteiger partial charge in [-0.05, 0) is 36.4 Å². The van der Waals surface area contributed by atoms with Gasteiger partial charge in [0.2, 0.25) is 5.91 Å².